The third kappa shape index (κ3) is 3.54. The fourth-order valence-corrected chi connectivity index (χ4v) is 5.19. The molecule has 0 aliphatic carbocycles. The van der Waals surface area contributed by atoms with Crippen molar-refractivity contribution < 1.29 is 23.1 Å². The van der Waals surface area contributed by atoms with E-state index in [9.17, 15) is 18.4 Å². The Morgan fingerprint density at radius 1 is 1.40 bits per heavy atom. The summed E-state index contributed by atoms with van der Waals surface area (Å²) in [4.78, 5) is 25.0. The Hall–Kier alpha value is -1.58. The SMILES string of the molecule is COC1(Br)C=CC(C2C(=O)C[SH](Cc3c(F)cccc3F)C2=O)=NN1. The molecule has 0 aromatic heterocycles. The highest BCUT2D eigenvalue weighted by atomic mass is 79.9. The van der Waals surface area contributed by atoms with Crippen LogP contribution in [0.5, 0.6) is 0 Å². The van der Waals surface area contributed by atoms with Crippen molar-refractivity contribution in [3.63, 3.8) is 0 Å². The molecule has 3 atom stereocenters. The standard InChI is InChI=1S/C16H15BrF2N2O3S/c1-24-16(17)6-5-12(20-21-16)14-13(22)8-25(15(14)23)7-9-10(18)3-2-4-11(9)19/h2-6,14,21,25H,7-8H2,1H3. The Balaban J connectivity index is 1.79. The van der Waals surface area contributed by atoms with E-state index >= 15 is 0 Å². The first-order valence-electron chi connectivity index (χ1n) is 7.37. The lowest BCUT2D eigenvalue weighted by Gasteiger charge is -2.26. The summed E-state index contributed by atoms with van der Waals surface area (Å²) in [5, 5.41) is 3.73. The maximum absolute atomic E-state index is 13.8. The average Bonchev–Trinajstić information content (AvgIpc) is 2.86. The summed E-state index contributed by atoms with van der Waals surface area (Å²) in [6, 6.07) is 3.55. The van der Waals surface area contributed by atoms with E-state index in [2.05, 4.69) is 26.5 Å². The zero-order valence-electron chi connectivity index (χ0n) is 13.1. The highest BCUT2D eigenvalue weighted by Crippen LogP contribution is 2.42. The Bertz CT molecular complexity index is 781. The molecule has 25 heavy (non-hydrogen) atoms. The summed E-state index contributed by atoms with van der Waals surface area (Å²) < 4.78 is 31.8. The first-order valence-corrected chi connectivity index (χ1v) is 9.87. The van der Waals surface area contributed by atoms with E-state index in [0.29, 0.717) is 0 Å². The number of nitrogens with zero attached hydrogens (tertiary/aromatic N) is 1. The molecule has 2 aliphatic rings. The van der Waals surface area contributed by atoms with Crippen LogP contribution in [0, 0.1) is 17.6 Å². The van der Waals surface area contributed by atoms with Crippen molar-refractivity contribution in [2.45, 2.75) is 10.4 Å². The van der Waals surface area contributed by atoms with Gasteiger partial charge in [-0.15, -0.1) is 0 Å². The van der Waals surface area contributed by atoms with Crippen molar-refractivity contribution in [1.29, 1.82) is 0 Å². The number of thiol groups is 1. The molecule has 0 radical (unpaired) electrons. The Morgan fingerprint density at radius 3 is 2.64 bits per heavy atom. The van der Waals surface area contributed by atoms with Gasteiger partial charge in [-0.1, -0.05) is 6.07 Å². The fraction of sp³-hybridized carbons (Fsp3) is 0.312. The summed E-state index contributed by atoms with van der Waals surface area (Å²) in [6.45, 7) is 0. The molecular weight excluding hydrogens is 418 g/mol. The molecule has 0 amide bonds. The van der Waals surface area contributed by atoms with E-state index in [1.54, 1.807) is 6.08 Å². The lowest BCUT2D eigenvalue weighted by atomic mass is 10.00. The number of hydrogen-bond acceptors (Lipinski definition) is 5. The molecule has 3 unspecified atom stereocenters. The van der Waals surface area contributed by atoms with Gasteiger partial charge in [0.25, 0.3) is 0 Å². The van der Waals surface area contributed by atoms with Gasteiger partial charge < -0.3 is 4.74 Å². The van der Waals surface area contributed by atoms with Gasteiger partial charge in [-0.3, -0.25) is 15.0 Å². The number of halogens is 3. The third-order valence-electron chi connectivity index (χ3n) is 4.04. The Kier molecular flexibility index (Phi) is 5.08. The van der Waals surface area contributed by atoms with E-state index in [1.807, 2.05) is 0 Å². The van der Waals surface area contributed by atoms with Crippen LogP contribution in [-0.2, 0) is 20.1 Å². The number of Topliss-reactive ketones (excluding diaryl/α,β-unsaturated/α-hetero) is 1. The quantitative estimate of drug-likeness (QED) is 0.331. The lowest BCUT2D eigenvalue weighted by molar-refractivity contribution is -0.122. The van der Waals surface area contributed by atoms with E-state index in [-0.39, 0.29) is 33.7 Å². The highest BCUT2D eigenvalue weighted by Gasteiger charge is 2.43. The first kappa shape index (κ1) is 18.2. The normalized spacial score (nSPS) is 30.3. The maximum Gasteiger partial charge on any atom is 0.230 e. The van der Waals surface area contributed by atoms with Crippen LogP contribution in [0.3, 0.4) is 0 Å². The molecule has 1 aromatic carbocycles. The zero-order chi connectivity index (χ0) is 18.2. The highest BCUT2D eigenvalue weighted by molar-refractivity contribution is 9.10. The molecular formula is C16H15BrF2N2O3S. The van der Waals surface area contributed by atoms with Crippen LogP contribution < -0.4 is 5.43 Å². The molecule has 1 N–H and O–H groups in total. The summed E-state index contributed by atoms with van der Waals surface area (Å²) in [7, 11) is -0.0408. The molecule has 0 spiro atoms. The predicted octanol–water partition coefficient (Wildman–Crippen LogP) is 2.40. The van der Waals surface area contributed by atoms with E-state index in [0.717, 1.165) is 12.1 Å². The second-order valence-electron chi connectivity index (χ2n) is 5.62. The van der Waals surface area contributed by atoms with Gasteiger partial charge in [-0.25, -0.2) is 8.78 Å². The van der Waals surface area contributed by atoms with Gasteiger partial charge in [0, 0.05) is 24.2 Å². The van der Waals surface area contributed by atoms with Crippen molar-refractivity contribution in [2.24, 2.45) is 11.0 Å². The van der Waals surface area contributed by atoms with E-state index in [1.165, 1.54) is 19.3 Å². The molecule has 3 rings (SSSR count). The first-order chi connectivity index (χ1) is 11.8. The number of methoxy groups -OCH3 is 1. The number of carbonyl (C=O) groups excluding carboxylic acids is 2. The molecule has 0 bridgehead atoms. The summed E-state index contributed by atoms with van der Waals surface area (Å²) >= 11 is 3.26. The number of hydrazone groups is 1. The number of benzene rings is 1. The second-order valence-corrected chi connectivity index (χ2v) is 8.96. The minimum Gasteiger partial charge on any atom is -0.345 e. The Labute approximate surface area is 154 Å². The topological polar surface area (TPSA) is 67.8 Å². The van der Waals surface area contributed by atoms with Gasteiger partial charge in [-0.2, -0.15) is 16.0 Å². The van der Waals surface area contributed by atoms with Crippen LogP contribution in [0.15, 0.2) is 35.5 Å². The van der Waals surface area contributed by atoms with Crippen LogP contribution in [-0.4, -0.2) is 34.1 Å². The molecule has 2 aliphatic heterocycles. The van der Waals surface area contributed by atoms with Crippen molar-refractivity contribution in [3.05, 3.63) is 47.5 Å². The van der Waals surface area contributed by atoms with Crippen LogP contribution >= 0.6 is 26.8 Å². The minimum absolute atomic E-state index is 0.00318. The van der Waals surface area contributed by atoms with Crippen LogP contribution in [0.2, 0.25) is 0 Å². The number of carbonyl (C=O) groups is 2. The van der Waals surface area contributed by atoms with Gasteiger partial charge in [-0.05, 0) is 40.2 Å². The molecule has 1 saturated heterocycles. The summed E-state index contributed by atoms with van der Waals surface area (Å²) in [6.07, 6.45) is 3.13. The van der Waals surface area contributed by atoms with E-state index in [4.69, 9.17) is 4.74 Å². The smallest absolute Gasteiger partial charge is 0.230 e. The molecule has 9 heteroatoms. The van der Waals surface area contributed by atoms with Crippen molar-refractivity contribution in [3.8, 4) is 0 Å². The number of ketones is 1. The number of ether oxygens (including phenoxy) is 1. The molecule has 2 heterocycles. The van der Waals surface area contributed by atoms with Crippen LogP contribution in [0.1, 0.15) is 5.56 Å². The van der Waals surface area contributed by atoms with Gasteiger partial charge >= 0.3 is 0 Å². The minimum atomic E-state index is -1.50. The van der Waals surface area contributed by atoms with Gasteiger partial charge in [0.05, 0.1) is 5.71 Å². The molecule has 1 aromatic rings. The van der Waals surface area contributed by atoms with Crippen molar-refractivity contribution in [2.75, 3.05) is 12.9 Å². The predicted molar refractivity (Wildman–Crippen MR) is 95.8 cm³/mol. The van der Waals surface area contributed by atoms with Crippen LogP contribution in [0.4, 0.5) is 8.78 Å². The van der Waals surface area contributed by atoms with Crippen molar-refractivity contribution >= 4 is 43.4 Å². The summed E-state index contributed by atoms with van der Waals surface area (Å²) in [5.74, 6) is -2.77. The number of alkyl halides is 1. The fourth-order valence-electron chi connectivity index (χ4n) is 2.66. The van der Waals surface area contributed by atoms with Crippen molar-refractivity contribution in [1.82, 2.24) is 5.43 Å². The number of allylic oxidation sites excluding steroid dienone is 1. The lowest BCUT2D eigenvalue weighted by Crippen LogP contribution is -2.41. The molecule has 134 valence electrons. The third-order valence-corrected chi connectivity index (χ3v) is 7.07. The number of nitrogens with one attached hydrogen (secondary N) is 1. The number of hydrogen-bond donors (Lipinski definition) is 2. The summed E-state index contributed by atoms with van der Waals surface area (Å²) in [5.41, 5.74) is 2.81. The van der Waals surface area contributed by atoms with Crippen LogP contribution in [0.25, 0.3) is 0 Å². The van der Waals surface area contributed by atoms with E-state index < -0.39 is 33.1 Å². The zero-order valence-corrected chi connectivity index (χ0v) is 15.6. The average molecular weight is 433 g/mol. The largest absolute Gasteiger partial charge is 0.345 e. The number of rotatable bonds is 4. The molecule has 1 fully saturated rings. The monoisotopic (exact) mass is 432 g/mol. The molecule has 0 saturated carbocycles. The molecule has 5 nitrogen and oxygen atoms in total. The Morgan fingerprint density at radius 2 is 2.08 bits per heavy atom. The van der Waals surface area contributed by atoms with Gasteiger partial charge in [0.15, 0.2) is 10.9 Å². The van der Waals surface area contributed by atoms with Gasteiger partial charge in [0.2, 0.25) is 4.63 Å². The van der Waals surface area contributed by atoms with Gasteiger partial charge in [0.1, 0.15) is 17.6 Å². The second kappa shape index (κ2) is 6.97. The maximum atomic E-state index is 13.8.